The van der Waals surface area contributed by atoms with Gasteiger partial charge in [-0.15, -0.1) is 0 Å². The molecular formula is C10H9NO4. The third-order valence-electron chi connectivity index (χ3n) is 2.09. The fourth-order valence-corrected chi connectivity index (χ4v) is 1.38. The Morgan fingerprint density at radius 1 is 1.47 bits per heavy atom. The minimum Gasteiger partial charge on any atom is -0.478 e. The van der Waals surface area contributed by atoms with Crippen molar-refractivity contribution in [2.75, 3.05) is 11.7 Å². The molecule has 1 N–H and O–H groups in total. The molecule has 0 aromatic heterocycles. The summed E-state index contributed by atoms with van der Waals surface area (Å²) >= 11 is 0. The molecule has 0 atom stereocenters. The van der Waals surface area contributed by atoms with Gasteiger partial charge in [-0.2, -0.15) is 5.06 Å². The first-order valence-corrected chi connectivity index (χ1v) is 4.48. The van der Waals surface area contributed by atoms with Gasteiger partial charge in [-0.25, -0.2) is 4.79 Å². The summed E-state index contributed by atoms with van der Waals surface area (Å²) < 4.78 is 0. The van der Waals surface area contributed by atoms with Crippen molar-refractivity contribution in [1.29, 1.82) is 0 Å². The minimum absolute atomic E-state index is 0.135. The van der Waals surface area contributed by atoms with Gasteiger partial charge >= 0.3 is 5.97 Å². The number of hydrogen-bond acceptors (Lipinski definition) is 3. The van der Waals surface area contributed by atoms with E-state index in [-0.39, 0.29) is 11.5 Å². The van der Waals surface area contributed by atoms with Gasteiger partial charge in [-0.1, -0.05) is 6.07 Å². The van der Waals surface area contributed by atoms with Gasteiger partial charge in [-0.05, 0) is 18.2 Å². The number of hydroxylamine groups is 1. The van der Waals surface area contributed by atoms with Crippen molar-refractivity contribution in [3.8, 4) is 0 Å². The number of nitrogens with zero attached hydrogens (tertiary/aromatic N) is 1. The summed E-state index contributed by atoms with van der Waals surface area (Å²) in [6, 6.07) is 6.08. The molecule has 5 heteroatoms. The summed E-state index contributed by atoms with van der Waals surface area (Å²) in [5.74, 6) is -1.18. The molecule has 1 aliphatic rings. The molecule has 0 unspecified atom stereocenters. The Morgan fingerprint density at radius 3 is 2.87 bits per heavy atom. The molecule has 1 aromatic rings. The zero-order valence-electron chi connectivity index (χ0n) is 7.84. The maximum Gasteiger partial charge on any atom is 0.335 e. The van der Waals surface area contributed by atoms with E-state index in [1.54, 1.807) is 12.1 Å². The lowest BCUT2D eigenvalue weighted by Gasteiger charge is -2.13. The van der Waals surface area contributed by atoms with Crippen LogP contribution in [0.15, 0.2) is 24.3 Å². The third kappa shape index (κ3) is 1.82. The van der Waals surface area contributed by atoms with Crippen molar-refractivity contribution >= 4 is 17.6 Å². The van der Waals surface area contributed by atoms with Crippen LogP contribution >= 0.6 is 0 Å². The number of carboxylic acids is 1. The molecule has 1 aromatic carbocycles. The first kappa shape index (κ1) is 9.67. The number of rotatable bonds is 2. The van der Waals surface area contributed by atoms with Gasteiger partial charge in [0.15, 0.2) is 0 Å². The lowest BCUT2D eigenvalue weighted by Crippen LogP contribution is -2.22. The average Bonchev–Trinajstić information content (AvgIpc) is 2.64. The molecular weight excluding hydrogens is 198 g/mol. The molecule has 78 valence electrons. The number of anilines is 1. The lowest BCUT2D eigenvalue weighted by atomic mass is 10.2. The molecule has 1 heterocycles. The van der Waals surface area contributed by atoms with E-state index in [1.165, 1.54) is 12.1 Å². The number of benzene rings is 1. The highest BCUT2D eigenvalue weighted by Crippen LogP contribution is 2.21. The van der Waals surface area contributed by atoms with E-state index in [4.69, 9.17) is 9.94 Å². The van der Waals surface area contributed by atoms with Crippen LogP contribution in [0.5, 0.6) is 0 Å². The van der Waals surface area contributed by atoms with E-state index in [0.717, 1.165) is 5.06 Å². The molecule has 1 aliphatic heterocycles. The van der Waals surface area contributed by atoms with Crippen LogP contribution in [0.3, 0.4) is 0 Å². The van der Waals surface area contributed by atoms with Crippen molar-refractivity contribution in [3.63, 3.8) is 0 Å². The third-order valence-corrected chi connectivity index (χ3v) is 2.09. The number of hydrogen-bond donors (Lipinski definition) is 1. The van der Waals surface area contributed by atoms with E-state index in [1.807, 2.05) is 0 Å². The second kappa shape index (κ2) is 3.70. The number of amides is 1. The molecule has 0 radical (unpaired) electrons. The smallest absolute Gasteiger partial charge is 0.335 e. The molecule has 0 aliphatic carbocycles. The summed E-state index contributed by atoms with van der Waals surface area (Å²) in [7, 11) is 0. The van der Waals surface area contributed by atoms with Crippen LogP contribution in [0.1, 0.15) is 16.8 Å². The predicted octanol–water partition coefficient (Wildman–Crippen LogP) is 1.05. The number of carboxylic acid groups (broad SMARTS) is 1. The Morgan fingerprint density at radius 2 is 2.27 bits per heavy atom. The van der Waals surface area contributed by atoms with Gasteiger partial charge in [-0.3, -0.25) is 9.63 Å². The fraction of sp³-hybridized carbons (Fsp3) is 0.200. The number of carbonyl (C=O) groups is 2. The van der Waals surface area contributed by atoms with Gasteiger partial charge in [0.25, 0.3) is 5.91 Å². The average molecular weight is 207 g/mol. The number of carbonyl (C=O) groups excluding carboxylic acids is 1. The summed E-state index contributed by atoms with van der Waals surface area (Å²) in [6.07, 6.45) is 0.331. The molecule has 0 saturated carbocycles. The first-order chi connectivity index (χ1) is 7.18. The molecule has 0 bridgehead atoms. The lowest BCUT2D eigenvalue weighted by molar-refractivity contribution is -0.119. The highest BCUT2D eigenvalue weighted by Gasteiger charge is 2.23. The van der Waals surface area contributed by atoms with Gasteiger partial charge in [0.2, 0.25) is 0 Å². The summed E-state index contributed by atoms with van der Waals surface area (Å²) in [4.78, 5) is 27.1. The molecule has 5 nitrogen and oxygen atoms in total. The van der Waals surface area contributed by atoms with Crippen LogP contribution in [0.4, 0.5) is 5.69 Å². The second-order valence-corrected chi connectivity index (χ2v) is 3.13. The molecule has 1 fully saturated rings. The van der Waals surface area contributed by atoms with Crippen LogP contribution in [0, 0.1) is 0 Å². The van der Waals surface area contributed by atoms with Gasteiger partial charge in [0, 0.05) is 0 Å². The maximum atomic E-state index is 11.3. The first-order valence-electron chi connectivity index (χ1n) is 4.48. The maximum absolute atomic E-state index is 11.3. The van der Waals surface area contributed by atoms with Crippen LogP contribution in [0.2, 0.25) is 0 Å². The number of aromatic carboxylic acids is 1. The molecule has 2 rings (SSSR count). The Bertz CT molecular complexity index is 416. The van der Waals surface area contributed by atoms with Crippen molar-refractivity contribution in [1.82, 2.24) is 0 Å². The van der Waals surface area contributed by atoms with Gasteiger partial charge in [0.05, 0.1) is 24.3 Å². The van der Waals surface area contributed by atoms with Gasteiger partial charge in [0.1, 0.15) is 0 Å². The van der Waals surface area contributed by atoms with Crippen molar-refractivity contribution in [2.45, 2.75) is 6.42 Å². The second-order valence-electron chi connectivity index (χ2n) is 3.13. The Balaban J connectivity index is 2.32. The van der Waals surface area contributed by atoms with E-state index < -0.39 is 5.97 Å². The molecule has 0 spiro atoms. The normalized spacial score (nSPS) is 15.7. The fourth-order valence-electron chi connectivity index (χ4n) is 1.38. The van der Waals surface area contributed by atoms with E-state index in [9.17, 15) is 9.59 Å². The van der Waals surface area contributed by atoms with E-state index in [0.29, 0.717) is 18.7 Å². The molecule has 15 heavy (non-hydrogen) atoms. The summed E-state index contributed by atoms with van der Waals surface area (Å²) in [6.45, 7) is 0.343. The van der Waals surface area contributed by atoms with E-state index >= 15 is 0 Å². The zero-order valence-corrected chi connectivity index (χ0v) is 7.84. The quantitative estimate of drug-likeness (QED) is 0.787. The molecule has 1 amide bonds. The SMILES string of the molecule is O=C(O)c1cccc(N2OCCC2=O)c1. The largest absolute Gasteiger partial charge is 0.478 e. The predicted molar refractivity (Wildman–Crippen MR) is 51.5 cm³/mol. The van der Waals surface area contributed by atoms with Crippen molar-refractivity contribution < 1.29 is 19.5 Å². The standard InChI is InChI=1S/C10H9NO4/c12-9-4-5-15-11(9)8-3-1-2-7(6-8)10(13)14/h1-3,6H,4-5H2,(H,13,14). The van der Waals surface area contributed by atoms with Crippen LogP contribution in [-0.2, 0) is 9.63 Å². The van der Waals surface area contributed by atoms with Crippen LogP contribution in [0.25, 0.3) is 0 Å². The monoisotopic (exact) mass is 207 g/mol. The summed E-state index contributed by atoms with van der Waals surface area (Å²) in [5.41, 5.74) is 0.591. The Hall–Kier alpha value is -1.88. The Kier molecular flexibility index (Phi) is 2.39. The minimum atomic E-state index is -1.02. The Labute approximate surface area is 85.8 Å². The van der Waals surface area contributed by atoms with Crippen LogP contribution in [-0.4, -0.2) is 23.6 Å². The molecule has 1 saturated heterocycles. The van der Waals surface area contributed by atoms with Gasteiger partial charge < -0.3 is 5.11 Å². The topological polar surface area (TPSA) is 66.8 Å². The van der Waals surface area contributed by atoms with Crippen molar-refractivity contribution in [3.05, 3.63) is 29.8 Å². The highest BCUT2D eigenvalue weighted by molar-refractivity contribution is 5.95. The zero-order chi connectivity index (χ0) is 10.8. The van der Waals surface area contributed by atoms with E-state index in [2.05, 4.69) is 0 Å². The van der Waals surface area contributed by atoms with Crippen molar-refractivity contribution in [2.24, 2.45) is 0 Å². The summed E-state index contributed by atoms with van der Waals surface area (Å²) in [5, 5.41) is 9.91. The van der Waals surface area contributed by atoms with Crippen LogP contribution < -0.4 is 5.06 Å². The highest BCUT2D eigenvalue weighted by atomic mass is 16.7.